The van der Waals surface area contributed by atoms with E-state index >= 15 is 0 Å². The van der Waals surface area contributed by atoms with Gasteiger partial charge in [-0.05, 0) is 59.2 Å². The third kappa shape index (κ3) is 3.96. The number of likely N-dealkylation sites (N-methyl/N-ethyl adjacent to an activating group) is 1. The molecule has 17 heavy (non-hydrogen) atoms. The van der Waals surface area contributed by atoms with E-state index in [1.807, 2.05) is 6.92 Å². The van der Waals surface area contributed by atoms with Crippen molar-refractivity contribution >= 4 is 5.97 Å². The second-order valence-corrected chi connectivity index (χ2v) is 5.30. The summed E-state index contributed by atoms with van der Waals surface area (Å²) in [5.74, 6) is -0.742. The molecule has 2 N–H and O–H groups in total. The minimum atomic E-state index is -0.766. The Labute approximate surface area is 104 Å². The summed E-state index contributed by atoms with van der Waals surface area (Å²) < 4.78 is 0. The number of hydrogen-bond donors (Lipinski definition) is 2. The predicted octanol–water partition coefficient (Wildman–Crippen LogP) is 1.70. The van der Waals surface area contributed by atoms with Crippen molar-refractivity contribution in [1.29, 1.82) is 0 Å². The number of aliphatic carboxylic acids is 1. The fourth-order valence-corrected chi connectivity index (χ4v) is 2.62. The lowest BCUT2D eigenvalue weighted by molar-refractivity contribution is -0.144. The van der Waals surface area contributed by atoms with Gasteiger partial charge in [-0.1, -0.05) is 6.92 Å². The number of rotatable bonds is 7. The van der Waals surface area contributed by atoms with Crippen LogP contribution < -0.4 is 5.32 Å². The molecule has 100 valence electrons. The van der Waals surface area contributed by atoms with Crippen LogP contribution in [0.4, 0.5) is 0 Å². The van der Waals surface area contributed by atoms with Crippen LogP contribution >= 0.6 is 0 Å². The quantitative estimate of drug-likeness (QED) is 0.713. The normalized spacial score (nSPS) is 24.8. The molecule has 0 aromatic carbocycles. The van der Waals surface area contributed by atoms with Gasteiger partial charge < -0.3 is 15.3 Å². The Bertz CT molecular complexity index is 258. The van der Waals surface area contributed by atoms with Crippen LogP contribution in [0.15, 0.2) is 0 Å². The van der Waals surface area contributed by atoms with Gasteiger partial charge >= 0.3 is 5.97 Å². The highest BCUT2D eigenvalue weighted by atomic mass is 16.4. The van der Waals surface area contributed by atoms with E-state index in [4.69, 9.17) is 0 Å². The van der Waals surface area contributed by atoms with E-state index in [-0.39, 0.29) is 0 Å². The minimum Gasteiger partial charge on any atom is -0.480 e. The first-order valence-electron chi connectivity index (χ1n) is 6.72. The van der Waals surface area contributed by atoms with E-state index in [1.54, 1.807) is 6.92 Å². The molecule has 0 aromatic rings. The van der Waals surface area contributed by atoms with Gasteiger partial charge in [-0.15, -0.1) is 0 Å². The van der Waals surface area contributed by atoms with E-state index < -0.39 is 11.5 Å². The van der Waals surface area contributed by atoms with Crippen LogP contribution in [0.3, 0.4) is 0 Å². The summed E-state index contributed by atoms with van der Waals surface area (Å²) >= 11 is 0. The molecule has 0 aliphatic carbocycles. The fraction of sp³-hybridized carbons (Fsp3) is 0.923. The van der Waals surface area contributed by atoms with Gasteiger partial charge in [0, 0.05) is 6.04 Å². The molecule has 1 saturated heterocycles. The summed E-state index contributed by atoms with van der Waals surface area (Å²) in [4.78, 5) is 13.7. The summed E-state index contributed by atoms with van der Waals surface area (Å²) in [7, 11) is 0. The second kappa shape index (κ2) is 6.36. The molecular formula is C13H26N2O2. The van der Waals surface area contributed by atoms with Crippen molar-refractivity contribution in [2.24, 2.45) is 0 Å². The summed E-state index contributed by atoms with van der Waals surface area (Å²) in [6.07, 6.45) is 4.20. The molecule has 1 rings (SSSR count). The van der Waals surface area contributed by atoms with Crippen LogP contribution in [0.5, 0.6) is 0 Å². The van der Waals surface area contributed by atoms with Gasteiger partial charge in [-0.25, -0.2) is 0 Å². The lowest BCUT2D eigenvalue weighted by Crippen LogP contribution is -2.49. The molecule has 4 nitrogen and oxygen atoms in total. The van der Waals surface area contributed by atoms with Gasteiger partial charge in [0.05, 0.1) is 0 Å². The van der Waals surface area contributed by atoms with Crippen LogP contribution in [0.2, 0.25) is 0 Å². The molecule has 0 aromatic heterocycles. The van der Waals surface area contributed by atoms with Crippen LogP contribution in [0.1, 0.15) is 46.5 Å². The molecule has 2 unspecified atom stereocenters. The Morgan fingerprint density at radius 1 is 1.59 bits per heavy atom. The Hall–Kier alpha value is -0.610. The first-order chi connectivity index (χ1) is 7.99. The Kier molecular flexibility index (Phi) is 5.40. The first-order valence-corrected chi connectivity index (χ1v) is 6.72. The molecule has 4 heteroatoms. The van der Waals surface area contributed by atoms with Gasteiger partial charge in [0.1, 0.15) is 5.54 Å². The van der Waals surface area contributed by atoms with Crippen LogP contribution in [-0.2, 0) is 4.79 Å². The monoisotopic (exact) mass is 242 g/mol. The maximum absolute atomic E-state index is 11.2. The van der Waals surface area contributed by atoms with Gasteiger partial charge in [0.25, 0.3) is 0 Å². The van der Waals surface area contributed by atoms with Gasteiger partial charge in [-0.2, -0.15) is 0 Å². The van der Waals surface area contributed by atoms with Crippen molar-refractivity contribution in [3.8, 4) is 0 Å². The van der Waals surface area contributed by atoms with Crippen molar-refractivity contribution < 1.29 is 9.90 Å². The van der Waals surface area contributed by atoms with Crippen LogP contribution in [0, 0.1) is 0 Å². The smallest absolute Gasteiger partial charge is 0.323 e. The highest BCUT2D eigenvalue weighted by Crippen LogP contribution is 2.19. The number of carbonyl (C=O) groups is 1. The number of nitrogens with one attached hydrogen (secondary N) is 1. The molecule has 1 fully saturated rings. The maximum Gasteiger partial charge on any atom is 0.323 e. The third-order valence-electron chi connectivity index (χ3n) is 3.85. The number of likely N-dealkylation sites (tertiary alicyclic amines) is 1. The predicted molar refractivity (Wildman–Crippen MR) is 69.2 cm³/mol. The van der Waals surface area contributed by atoms with Gasteiger partial charge in [0.15, 0.2) is 0 Å². The zero-order valence-electron chi connectivity index (χ0n) is 11.3. The molecule has 1 aliphatic rings. The second-order valence-electron chi connectivity index (χ2n) is 5.30. The fourth-order valence-electron chi connectivity index (χ4n) is 2.62. The molecule has 0 spiro atoms. The molecule has 0 bridgehead atoms. The van der Waals surface area contributed by atoms with Crippen molar-refractivity contribution in [2.75, 3.05) is 19.6 Å². The lowest BCUT2D eigenvalue weighted by atomic mass is 9.95. The van der Waals surface area contributed by atoms with Crippen LogP contribution in [0.25, 0.3) is 0 Å². The Morgan fingerprint density at radius 3 is 2.76 bits per heavy atom. The van der Waals surface area contributed by atoms with Crippen molar-refractivity contribution in [3.63, 3.8) is 0 Å². The van der Waals surface area contributed by atoms with Crippen LogP contribution in [-0.4, -0.2) is 47.2 Å². The van der Waals surface area contributed by atoms with Crippen molar-refractivity contribution in [3.05, 3.63) is 0 Å². The SMILES string of the molecule is CCNC(C)(CCCN1CCCC1C)C(=O)O. The Balaban J connectivity index is 2.34. The molecule has 0 saturated carbocycles. The van der Waals surface area contributed by atoms with Crippen molar-refractivity contribution in [1.82, 2.24) is 10.2 Å². The number of carboxylic acid groups (broad SMARTS) is 1. The van der Waals surface area contributed by atoms with E-state index in [0.717, 1.165) is 13.0 Å². The Morgan fingerprint density at radius 2 is 2.29 bits per heavy atom. The summed E-state index contributed by atoms with van der Waals surface area (Å²) in [5.41, 5.74) is -0.766. The third-order valence-corrected chi connectivity index (χ3v) is 3.85. The van der Waals surface area contributed by atoms with E-state index in [9.17, 15) is 9.90 Å². The zero-order chi connectivity index (χ0) is 12.9. The number of hydrogen-bond acceptors (Lipinski definition) is 3. The average molecular weight is 242 g/mol. The highest BCUT2D eigenvalue weighted by molar-refractivity contribution is 5.78. The van der Waals surface area contributed by atoms with Crippen molar-refractivity contribution in [2.45, 2.75) is 58.0 Å². The maximum atomic E-state index is 11.2. The molecular weight excluding hydrogens is 216 g/mol. The van der Waals surface area contributed by atoms with Gasteiger partial charge in [-0.3, -0.25) is 4.79 Å². The largest absolute Gasteiger partial charge is 0.480 e. The molecule has 1 heterocycles. The average Bonchev–Trinajstić information content (AvgIpc) is 2.65. The van der Waals surface area contributed by atoms with Gasteiger partial charge in [0.2, 0.25) is 0 Å². The minimum absolute atomic E-state index is 0.671. The summed E-state index contributed by atoms with van der Waals surface area (Å²) in [5, 5.41) is 12.3. The molecule has 0 radical (unpaired) electrons. The van der Waals surface area contributed by atoms with E-state index in [0.29, 0.717) is 19.0 Å². The topological polar surface area (TPSA) is 52.6 Å². The first kappa shape index (κ1) is 14.5. The zero-order valence-corrected chi connectivity index (χ0v) is 11.3. The molecule has 1 aliphatic heterocycles. The molecule has 2 atom stereocenters. The highest BCUT2D eigenvalue weighted by Gasteiger charge is 2.31. The summed E-state index contributed by atoms with van der Waals surface area (Å²) in [6, 6.07) is 0.671. The number of nitrogens with zero attached hydrogens (tertiary/aromatic N) is 1. The lowest BCUT2D eigenvalue weighted by Gasteiger charge is -2.27. The summed E-state index contributed by atoms with van der Waals surface area (Å²) in [6.45, 7) is 8.88. The molecule has 0 amide bonds. The van der Waals surface area contributed by atoms with E-state index in [2.05, 4.69) is 17.1 Å². The van der Waals surface area contributed by atoms with E-state index in [1.165, 1.54) is 19.4 Å². The standard InChI is InChI=1S/C13H26N2O2/c1-4-14-13(3,12(16)17)8-6-10-15-9-5-7-11(15)2/h11,14H,4-10H2,1-3H3,(H,16,17). The number of carboxylic acids is 1.